The first kappa shape index (κ1) is 17.6. The third kappa shape index (κ3) is 5.47. The fourth-order valence-electron chi connectivity index (χ4n) is 1.82. The summed E-state index contributed by atoms with van der Waals surface area (Å²) in [5, 5.41) is 13.3. The van der Waals surface area contributed by atoms with E-state index in [0.717, 1.165) is 0 Å². The Morgan fingerprint density at radius 3 is 2.54 bits per heavy atom. The molecule has 0 aliphatic heterocycles. The van der Waals surface area contributed by atoms with Gasteiger partial charge in [0.1, 0.15) is 0 Å². The largest absolute Gasteiger partial charge is 0.323 e. The Hall–Kier alpha value is -2.74. The molecule has 0 aliphatic rings. The number of nitro groups is 1. The Balaban J connectivity index is 1.97. The number of benzene rings is 2. The normalized spacial score (nSPS) is 11.0. The number of anilines is 1. The van der Waals surface area contributed by atoms with E-state index in [0.29, 0.717) is 27.9 Å². The molecule has 8 heteroatoms. The van der Waals surface area contributed by atoms with Crippen molar-refractivity contribution in [1.29, 1.82) is 0 Å². The molecule has 0 saturated carbocycles. The zero-order valence-electron chi connectivity index (χ0n) is 12.2. The number of amides is 1. The zero-order chi connectivity index (χ0) is 17.5. The van der Waals surface area contributed by atoms with Gasteiger partial charge in [-0.25, -0.2) is 0 Å². The van der Waals surface area contributed by atoms with Crippen LogP contribution in [-0.2, 0) is 4.79 Å². The summed E-state index contributed by atoms with van der Waals surface area (Å²) in [7, 11) is 0. The van der Waals surface area contributed by atoms with Crippen molar-refractivity contribution in [3.63, 3.8) is 0 Å². The molecule has 0 heterocycles. The van der Waals surface area contributed by atoms with Crippen LogP contribution in [-0.4, -0.2) is 16.6 Å². The van der Waals surface area contributed by atoms with Crippen LogP contribution in [0.5, 0.6) is 0 Å². The molecule has 0 bridgehead atoms. The molecule has 0 fully saturated rings. The number of thioether (sulfide) groups is 1. The van der Waals surface area contributed by atoms with E-state index in [1.807, 2.05) is 0 Å². The Morgan fingerprint density at radius 1 is 1.21 bits per heavy atom. The summed E-state index contributed by atoms with van der Waals surface area (Å²) >= 11 is 0.422. The van der Waals surface area contributed by atoms with Crippen molar-refractivity contribution in [2.24, 2.45) is 0 Å². The van der Waals surface area contributed by atoms with Crippen molar-refractivity contribution in [2.45, 2.75) is 10.7 Å². The second kappa shape index (κ2) is 8.21. The highest BCUT2D eigenvalue weighted by molar-refractivity contribution is 7.99. The monoisotopic (exact) mass is 350 g/mol. The molecule has 5 nitrogen and oxygen atoms in total. The highest BCUT2D eigenvalue weighted by Crippen LogP contribution is 2.26. The average molecular weight is 350 g/mol. The zero-order valence-corrected chi connectivity index (χ0v) is 13.0. The first-order valence-electron chi connectivity index (χ1n) is 6.72. The van der Waals surface area contributed by atoms with Gasteiger partial charge in [-0.3, -0.25) is 14.9 Å². The smallest absolute Gasteiger partial charge is 0.288 e. The predicted molar refractivity (Wildman–Crippen MR) is 89.1 cm³/mol. The molecule has 1 amide bonds. The number of nitrogens with one attached hydrogen (secondary N) is 1. The lowest BCUT2D eigenvalue weighted by molar-refractivity contribution is -0.384. The maximum atomic E-state index is 12.2. The second-order valence-electron chi connectivity index (χ2n) is 4.58. The lowest BCUT2D eigenvalue weighted by Crippen LogP contribution is -2.07. The minimum atomic E-state index is -2.50. The molecule has 0 saturated heterocycles. The molecule has 2 aromatic rings. The van der Waals surface area contributed by atoms with E-state index in [1.54, 1.807) is 6.07 Å². The number of non-ortho nitro benzene ring substituents is 1. The third-order valence-electron chi connectivity index (χ3n) is 2.86. The van der Waals surface area contributed by atoms with Gasteiger partial charge in [-0.1, -0.05) is 23.9 Å². The number of hydrogen-bond acceptors (Lipinski definition) is 4. The van der Waals surface area contributed by atoms with E-state index >= 15 is 0 Å². The van der Waals surface area contributed by atoms with Gasteiger partial charge in [-0.05, 0) is 35.9 Å². The molecule has 0 radical (unpaired) electrons. The van der Waals surface area contributed by atoms with Gasteiger partial charge >= 0.3 is 0 Å². The summed E-state index contributed by atoms with van der Waals surface area (Å²) < 4.78 is 24.4. The summed E-state index contributed by atoms with van der Waals surface area (Å²) in [5.41, 5.74) is 0.912. The van der Waals surface area contributed by atoms with Gasteiger partial charge in [0.25, 0.3) is 11.4 Å². The first-order chi connectivity index (χ1) is 11.4. The molecule has 1 N–H and O–H groups in total. The van der Waals surface area contributed by atoms with Crippen molar-refractivity contribution in [3.05, 3.63) is 70.3 Å². The summed E-state index contributed by atoms with van der Waals surface area (Å²) in [6.45, 7) is 0. The highest BCUT2D eigenvalue weighted by Gasteiger charge is 2.06. The number of rotatable bonds is 6. The Kier molecular flexibility index (Phi) is 6.02. The number of hydrogen-bond donors (Lipinski definition) is 1. The molecule has 2 rings (SSSR count). The minimum Gasteiger partial charge on any atom is -0.323 e. The van der Waals surface area contributed by atoms with Gasteiger partial charge in [-0.15, -0.1) is 0 Å². The van der Waals surface area contributed by atoms with E-state index in [9.17, 15) is 23.7 Å². The Morgan fingerprint density at radius 2 is 1.92 bits per heavy atom. The fraction of sp³-hybridized carbons (Fsp3) is 0.0625. The van der Waals surface area contributed by atoms with Gasteiger partial charge in [0.2, 0.25) is 5.91 Å². The number of halogens is 2. The van der Waals surface area contributed by atoms with Crippen LogP contribution in [0.2, 0.25) is 0 Å². The summed E-state index contributed by atoms with van der Waals surface area (Å²) in [4.78, 5) is 22.4. The molecule has 0 spiro atoms. The topological polar surface area (TPSA) is 72.2 Å². The van der Waals surface area contributed by atoms with Crippen LogP contribution in [0.25, 0.3) is 6.08 Å². The summed E-state index contributed by atoms with van der Waals surface area (Å²) in [6.07, 6.45) is 2.68. The van der Waals surface area contributed by atoms with Crippen LogP contribution in [0.1, 0.15) is 5.56 Å². The molecule has 2 aromatic carbocycles. The standard InChI is InChI=1S/C16H12F2N2O3S/c17-16(18)24-14-7-5-12(6-8-14)19-15(21)9-4-11-2-1-3-13(10-11)20(22)23/h1-10,16H,(H,19,21). The number of alkyl halides is 2. The van der Waals surface area contributed by atoms with Gasteiger partial charge < -0.3 is 5.32 Å². The van der Waals surface area contributed by atoms with E-state index < -0.39 is 16.6 Å². The highest BCUT2D eigenvalue weighted by atomic mass is 32.2. The maximum absolute atomic E-state index is 12.2. The predicted octanol–water partition coefficient (Wildman–Crippen LogP) is 4.56. The molecule has 0 aromatic heterocycles. The first-order valence-corrected chi connectivity index (χ1v) is 7.60. The van der Waals surface area contributed by atoms with Crippen LogP contribution in [0.3, 0.4) is 0 Å². The van der Waals surface area contributed by atoms with E-state index in [1.165, 1.54) is 54.6 Å². The van der Waals surface area contributed by atoms with Gasteiger partial charge in [0.15, 0.2) is 0 Å². The SMILES string of the molecule is O=C(C=Cc1cccc([N+](=O)[O-])c1)Nc1ccc(SC(F)F)cc1. The maximum Gasteiger partial charge on any atom is 0.288 e. The van der Waals surface area contributed by atoms with Crippen molar-refractivity contribution in [2.75, 3.05) is 5.32 Å². The average Bonchev–Trinajstić information content (AvgIpc) is 2.54. The molecule has 24 heavy (non-hydrogen) atoms. The van der Waals surface area contributed by atoms with Crippen LogP contribution in [0.15, 0.2) is 59.5 Å². The van der Waals surface area contributed by atoms with Crippen LogP contribution in [0, 0.1) is 10.1 Å². The van der Waals surface area contributed by atoms with Crippen molar-refractivity contribution >= 4 is 35.1 Å². The Labute approximate surface area is 140 Å². The molecular formula is C16H12F2N2O3S. The molecular weight excluding hydrogens is 338 g/mol. The molecule has 0 atom stereocenters. The number of nitrogens with zero attached hydrogens (tertiary/aromatic N) is 1. The minimum absolute atomic E-state index is 0.0651. The number of nitro benzene ring substituents is 1. The third-order valence-corrected chi connectivity index (χ3v) is 3.58. The van der Waals surface area contributed by atoms with Gasteiger partial charge in [-0.2, -0.15) is 8.78 Å². The number of carbonyl (C=O) groups excluding carboxylic acids is 1. The van der Waals surface area contributed by atoms with Crippen molar-refractivity contribution < 1.29 is 18.5 Å². The lowest BCUT2D eigenvalue weighted by atomic mass is 10.2. The Bertz CT molecular complexity index is 764. The lowest BCUT2D eigenvalue weighted by Gasteiger charge is -2.04. The van der Waals surface area contributed by atoms with Crippen LogP contribution >= 0.6 is 11.8 Å². The quantitative estimate of drug-likeness (QED) is 0.359. The summed E-state index contributed by atoms with van der Waals surface area (Å²) in [5.74, 6) is -2.93. The van der Waals surface area contributed by atoms with Crippen LogP contribution < -0.4 is 5.32 Å². The molecule has 0 unspecified atom stereocenters. The molecule has 124 valence electrons. The summed E-state index contributed by atoms with van der Waals surface area (Å²) in [6, 6.07) is 11.9. The van der Waals surface area contributed by atoms with Gasteiger partial charge in [0.05, 0.1) is 4.92 Å². The van der Waals surface area contributed by atoms with Crippen LogP contribution in [0.4, 0.5) is 20.2 Å². The van der Waals surface area contributed by atoms with Gasteiger partial charge in [0, 0.05) is 28.8 Å². The number of carbonyl (C=O) groups is 1. The van der Waals surface area contributed by atoms with Crippen molar-refractivity contribution in [1.82, 2.24) is 0 Å². The van der Waals surface area contributed by atoms with Crippen molar-refractivity contribution in [3.8, 4) is 0 Å². The van der Waals surface area contributed by atoms with E-state index in [4.69, 9.17) is 0 Å². The van der Waals surface area contributed by atoms with E-state index in [2.05, 4.69) is 5.32 Å². The second-order valence-corrected chi connectivity index (χ2v) is 5.64. The fourth-order valence-corrected chi connectivity index (χ4v) is 2.32. The van der Waals surface area contributed by atoms with E-state index in [-0.39, 0.29) is 5.69 Å². The molecule has 0 aliphatic carbocycles.